The third kappa shape index (κ3) is 1.87. The molecule has 2 saturated heterocycles. The topological polar surface area (TPSA) is 50.3 Å². The third-order valence-electron chi connectivity index (χ3n) is 4.08. The van der Waals surface area contributed by atoms with Crippen molar-refractivity contribution >= 4 is 21.9 Å². The maximum absolute atomic E-state index is 5.24. The molecule has 3 heterocycles. The molecule has 6 heteroatoms. The van der Waals surface area contributed by atoms with Gasteiger partial charge in [-0.1, -0.05) is 0 Å². The van der Waals surface area contributed by atoms with Crippen molar-refractivity contribution in [2.24, 2.45) is 11.8 Å². The Kier molecular flexibility index (Phi) is 3.15. The van der Waals surface area contributed by atoms with E-state index in [1.165, 1.54) is 0 Å². The molecule has 3 atom stereocenters. The molecule has 18 heavy (non-hydrogen) atoms. The Morgan fingerprint density at radius 3 is 3.06 bits per heavy atom. The van der Waals surface area contributed by atoms with Gasteiger partial charge in [0, 0.05) is 25.7 Å². The number of nitrogens with zero attached hydrogens (tertiary/aromatic N) is 3. The van der Waals surface area contributed by atoms with Crippen LogP contribution in [0.2, 0.25) is 0 Å². The van der Waals surface area contributed by atoms with Crippen molar-refractivity contribution in [2.45, 2.75) is 13.0 Å². The standard InChI is InChI=1S/C12H17BrN4O/c1-7-9-4-14-3-8(9)6-17(7)12-15-5-10(13)11(16-12)18-2/h5,7-9,14H,3-4,6H2,1-2H3. The molecule has 0 bridgehead atoms. The maximum Gasteiger partial charge on any atom is 0.232 e. The quantitative estimate of drug-likeness (QED) is 0.892. The Labute approximate surface area is 115 Å². The summed E-state index contributed by atoms with van der Waals surface area (Å²) in [6, 6.07) is 0.482. The van der Waals surface area contributed by atoms with Crippen LogP contribution in [0, 0.1) is 11.8 Å². The lowest BCUT2D eigenvalue weighted by molar-refractivity contribution is 0.393. The Balaban J connectivity index is 1.87. The van der Waals surface area contributed by atoms with Crippen molar-refractivity contribution < 1.29 is 4.74 Å². The van der Waals surface area contributed by atoms with Crippen molar-refractivity contribution in [3.8, 4) is 5.88 Å². The summed E-state index contributed by atoms with van der Waals surface area (Å²) in [5.74, 6) is 2.81. The van der Waals surface area contributed by atoms with Gasteiger partial charge in [0.1, 0.15) is 0 Å². The Bertz CT molecular complexity index is 456. The number of fused-ring (bicyclic) bond motifs is 1. The molecule has 98 valence electrons. The average Bonchev–Trinajstić information content (AvgIpc) is 2.94. The molecule has 2 fully saturated rings. The molecule has 0 aliphatic carbocycles. The van der Waals surface area contributed by atoms with E-state index in [0.29, 0.717) is 17.8 Å². The lowest BCUT2D eigenvalue weighted by atomic mass is 9.95. The molecular weight excluding hydrogens is 296 g/mol. The van der Waals surface area contributed by atoms with Gasteiger partial charge in [-0.25, -0.2) is 4.98 Å². The van der Waals surface area contributed by atoms with Gasteiger partial charge in [-0.3, -0.25) is 0 Å². The van der Waals surface area contributed by atoms with Gasteiger partial charge < -0.3 is 15.0 Å². The monoisotopic (exact) mass is 312 g/mol. The number of rotatable bonds is 2. The van der Waals surface area contributed by atoms with E-state index >= 15 is 0 Å². The van der Waals surface area contributed by atoms with Gasteiger partial charge in [0.2, 0.25) is 11.8 Å². The molecule has 0 saturated carbocycles. The minimum Gasteiger partial charge on any atom is -0.480 e. The molecule has 2 aliphatic rings. The first-order valence-electron chi connectivity index (χ1n) is 6.24. The molecular formula is C12H17BrN4O. The van der Waals surface area contributed by atoms with E-state index in [1.807, 2.05) is 0 Å². The zero-order valence-electron chi connectivity index (χ0n) is 10.6. The van der Waals surface area contributed by atoms with Crippen LogP contribution in [-0.2, 0) is 0 Å². The van der Waals surface area contributed by atoms with Gasteiger partial charge >= 0.3 is 0 Å². The molecule has 1 aromatic rings. The summed E-state index contributed by atoms with van der Waals surface area (Å²) < 4.78 is 6.03. The van der Waals surface area contributed by atoms with Crippen LogP contribution in [-0.4, -0.2) is 42.8 Å². The lowest BCUT2D eigenvalue weighted by Crippen LogP contribution is -2.34. The molecule has 0 spiro atoms. The highest BCUT2D eigenvalue weighted by atomic mass is 79.9. The summed E-state index contributed by atoms with van der Waals surface area (Å²) in [6.07, 6.45) is 1.76. The van der Waals surface area contributed by atoms with Crippen LogP contribution >= 0.6 is 15.9 Å². The summed E-state index contributed by atoms with van der Waals surface area (Å²) in [7, 11) is 1.63. The van der Waals surface area contributed by atoms with Crippen molar-refractivity contribution in [2.75, 3.05) is 31.6 Å². The van der Waals surface area contributed by atoms with Gasteiger partial charge in [0.05, 0.1) is 17.8 Å². The van der Waals surface area contributed by atoms with Gasteiger partial charge in [0.25, 0.3) is 0 Å². The highest BCUT2D eigenvalue weighted by Gasteiger charge is 2.42. The van der Waals surface area contributed by atoms with Crippen LogP contribution in [0.1, 0.15) is 6.92 Å². The largest absolute Gasteiger partial charge is 0.480 e. The predicted octanol–water partition coefficient (Wildman–Crippen LogP) is 1.29. The van der Waals surface area contributed by atoms with Crippen LogP contribution < -0.4 is 15.0 Å². The number of anilines is 1. The van der Waals surface area contributed by atoms with Gasteiger partial charge in [-0.15, -0.1) is 0 Å². The van der Waals surface area contributed by atoms with Crippen molar-refractivity contribution in [3.05, 3.63) is 10.7 Å². The normalized spacial score (nSPS) is 30.6. The second kappa shape index (κ2) is 4.66. The molecule has 0 radical (unpaired) electrons. The highest BCUT2D eigenvalue weighted by molar-refractivity contribution is 9.10. The molecule has 3 unspecified atom stereocenters. The summed E-state index contributed by atoms with van der Waals surface area (Å²) in [4.78, 5) is 11.2. The molecule has 2 aliphatic heterocycles. The molecule has 1 N–H and O–H groups in total. The number of halogens is 1. The van der Waals surface area contributed by atoms with Crippen LogP contribution in [0.4, 0.5) is 5.95 Å². The average molecular weight is 313 g/mol. The van der Waals surface area contributed by atoms with Crippen LogP contribution in [0.3, 0.4) is 0 Å². The number of nitrogens with one attached hydrogen (secondary N) is 1. The Morgan fingerprint density at radius 1 is 1.50 bits per heavy atom. The van der Waals surface area contributed by atoms with Gasteiger partial charge in [0.15, 0.2) is 0 Å². The Hall–Kier alpha value is -0.880. The fourth-order valence-corrected chi connectivity index (χ4v) is 3.41. The lowest BCUT2D eigenvalue weighted by Gasteiger charge is -2.24. The van der Waals surface area contributed by atoms with E-state index in [1.54, 1.807) is 13.3 Å². The van der Waals surface area contributed by atoms with E-state index in [9.17, 15) is 0 Å². The van der Waals surface area contributed by atoms with E-state index < -0.39 is 0 Å². The van der Waals surface area contributed by atoms with Crippen LogP contribution in [0.5, 0.6) is 5.88 Å². The fraction of sp³-hybridized carbons (Fsp3) is 0.667. The summed E-state index contributed by atoms with van der Waals surface area (Å²) in [5.41, 5.74) is 0. The van der Waals surface area contributed by atoms with Crippen molar-refractivity contribution in [3.63, 3.8) is 0 Å². The molecule has 3 rings (SSSR count). The number of hydrogen-bond acceptors (Lipinski definition) is 5. The number of ether oxygens (including phenoxy) is 1. The Morgan fingerprint density at radius 2 is 2.33 bits per heavy atom. The van der Waals surface area contributed by atoms with E-state index in [4.69, 9.17) is 4.74 Å². The zero-order chi connectivity index (χ0) is 12.7. The molecule has 0 aromatic carbocycles. The third-order valence-corrected chi connectivity index (χ3v) is 4.63. The van der Waals surface area contributed by atoms with E-state index in [-0.39, 0.29) is 0 Å². The smallest absolute Gasteiger partial charge is 0.232 e. The fourth-order valence-electron chi connectivity index (χ4n) is 3.06. The second-order valence-corrected chi connectivity index (χ2v) is 5.86. The van der Waals surface area contributed by atoms with Crippen LogP contribution in [0.15, 0.2) is 10.7 Å². The predicted molar refractivity (Wildman–Crippen MR) is 72.9 cm³/mol. The van der Waals surface area contributed by atoms with E-state index in [0.717, 1.165) is 36.0 Å². The summed E-state index contributed by atoms with van der Waals surface area (Å²) in [5, 5.41) is 3.46. The number of aromatic nitrogens is 2. The molecule has 5 nitrogen and oxygen atoms in total. The minimum absolute atomic E-state index is 0.482. The second-order valence-electron chi connectivity index (χ2n) is 5.00. The zero-order valence-corrected chi connectivity index (χ0v) is 12.1. The first-order valence-corrected chi connectivity index (χ1v) is 7.04. The first kappa shape index (κ1) is 12.2. The maximum atomic E-state index is 5.24. The van der Waals surface area contributed by atoms with E-state index in [2.05, 4.69) is 43.0 Å². The summed E-state index contributed by atoms with van der Waals surface area (Å²) in [6.45, 7) is 5.51. The van der Waals surface area contributed by atoms with Gasteiger partial charge in [-0.05, 0) is 34.7 Å². The van der Waals surface area contributed by atoms with Crippen molar-refractivity contribution in [1.82, 2.24) is 15.3 Å². The first-order chi connectivity index (χ1) is 8.70. The molecule has 1 aromatic heterocycles. The minimum atomic E-state index is 0.482. The highest BCUT2D eigenvalue weighted by Crippen LogP contribution is 2.35. The van der Waals surface area contributed by atoms with Gasteiger partial charge in [-0.2, -0.15) is 4.98 Å². The van der Waals surface area contributed by atoms with Crippen molar-refractivity contribution in [1.29, 1.82) is 0 Å². The van der Waals surface area contributed by atoms with Crippen LogP contribution in [0.25, 0.3) is 0 Å². The SMILES string of the molecule is COc1nc(N2CC3CNCC3C2C)ncc1Br. The number of hydrogen-bond donors (Lipinski definition) is 1. The molecule has 0 amide bonds. The summed E-state index contributed by atoms with van der Waals surface area (Å²) >= 11 is 3.38. The number of methoxy groups -OCH3 is 1.